The van der Waals surface area contributed by atoms with Crippen LogP contribution in [-0.2, 0) is 10.2 Å². The summed E-state index contributed by atoms with van der Waals surface area (Å²) in [5, 5.41) is 4.01. The van der Waals surface area contributed by atoms with E-state index in [1.54, 1.807) is 6.21 Å². The molecule has 5 nitrogen and oxygen atoms in total. The van der Waals surface area contributed by atoms with Crippen LogP contribution in [-0.4, -0.2) is 25.3 Å². The number of rotatable bonds is 9. The van der Waals surface area contributed by atoms with Crippen molar-refractivity contribution in [3.8, 4) is 11.5 Å². The van der Waals surface area contributed by atoms with Crippen molar-refractivity contribution in [2.24, 2.45) is 5.10 Å². The molecule has 0 spiro atoms. The van der Waals surface area contributed by atoms with Gasteiger partial charge in [0.2, 0.25) is 0 Å². The van der Waals surface area contributed by atoms with Crippen LogP contribution < -0.4 is 14.9 Å². The minimum Gasteiger partial charge on any atom is -0.493 e. The second kappa shape index (κ2) is 11.0. The smallest absolute Gasteiger partial charge is 0.277 e. The third kappa shape index (κ3) is 6.20. The number of nitrogens with zero attached hydrogens (tertiary/aromatic N) is 1. The van der Waals surface area contributed by atoms with Crippen LogP contribution in [0.3, 0.4) is 0 Å². The maximum Gasteiger partial charge on any atom is 0.277 e. The lowest BCUT2D eigenvalue weighted by atomic mass is 9.78. The number of hydrazone groups is 1. The summed E-state index contributed by atoms with van der Waals surface area (Å²) in [6.07, 6.45) is 1.55. The summed E-state index contributed by atoms with van der Waals surface area (Å²) in [5.74, 6) is 0.980. The van der Waals surface area contributed by atoms with E-state index in [0.717, 1.165) is 10.0 Å². The van der Waals surface area contributed by atoms with E-state index < -0.39 is 0 Å². The largest absolute Gasteiger partial charge is 0.493 e. The van der Waals surface area contributed by atoms with Crippen molar-refractivity contribution in [3.05, 3.63) is 94.0 Å². The molecule has 3 aromatic rings. The summed E-state index contributed by atoms with van der Waals surface area (Å²) < 4.78 is 12.1. The van der Waals surface area contributed by atoms with Gasteiger partial charge in [0.15, 0.2) is 6.61 Å². The zero-order valence-corrected chi connectivity index (χ0v) is 20.1. The number of benzene rings is 3. The van der Waals surface area contributed by atoms with Crippen molar-refractivity contribution >= 4 is 28.1 Å². The molecule has 0 saturated carbocycles. The van der Waals surface area contributed by atoms with Crippen molar-refractivity contribution in [3.63, 3.8) is 0 Å². The Morgan fingerprint density at radius 2 is 1.69 bits per heavy atom. The van der Waals surface area contributed by atoms with Crippen LogP contribution >= 0.6 is 15.9 Å². The molecule has 166 valence electrons. The SMILES string of the molecule is CCOc1ccc(Br)cc1/C=N/NC(=O)COc1ccc(C(C)(C)c2ccccc2)cc1. The Kier molecular flexibility index (Phi) is 8.06. The van der Waals surface area contributed by atoms with Gasteiger partial charge in [-0.3, -0.25) is 4.79 Å². The Balaban J connectivity index is 1.54. The normalized spacial score (nSPS) is 11.4. The van der Waals surface area contributed by atoms with E-state index >= 15 is 0 Å². The molecule has 0 aliphatic rings. The first-order valence-electron chi connectivity index (χ1n) is 10.4. The molecule has 0 aromatic heterocycles. The Hall–Kier alpha value is -3.12. The van der Waals surface area contributed by atoms with E-state index in [4.69, 9.17) is 9.47 Å². The fourth-order valence-electron chi connectivity index (χ4n) is 3.25. The molecule has 0 atom stereocenters. The molecule has 6 heteroatoms. The molecule has 0 saturated heterocycles. The first-order chi connectivity index (χ1) is 15.4. The maximum atomic E-state index is 12.1. The number of hydrogen-bond donors (Lipinski definition) is 1. The van der Waals surface area contributed by atoms with Gasteiger partial charge < -0.3 is 9.47 Å². The molecule has 32 heavy (non-hydrogen) atoms. The molecule has 0 fully saturated rings. The van der Waals surface area contributed by atoms with Gasteiger partial charge in [0.25, 0.3) is 5.91 Å². The lowest BCUT2D eigenvalue weighted by Crippen LogP contribution is -2.24. The maximum absolute atomic E-state index is 12.1. The molecule has 0 bridgehead atoms. The van der Waals surface area contributed by atoms with E-state index in [2.05, 4.69) is 52.4 Å². The standard InChI is InChI=1S/C26H27BrN2O3/c1-4-31-24-15-12-22(27)16-19(24)17-28-29-25(30)18-32-23-13-10-21(11-14-23)26(2,3)20-8-6-5-7-9-20/h5-17H,4,18H2,1-3H3,(H,29,30)/b28-17+. The number of carbonyl (C=O) groups is 1. The van der Waals surface area contributed by atoms with Crippen molar-refractivity contribution < 1.29 is 14.3 Å². The van der Waals surface area contributed by atoms with E-state index in [1.165, 1.54) is 11.1 Å². The minimum atomic E-state index is -0.345. The highest BCUT2D eigenvalue weighted by atomic mass is 79.9. The Labute approximate surface area is 197 Å². The molecule has 0 radical (unpaired) electrons. The molecule has 0 aliphatic carbocycles. The van der Waals surface area contributed by atoms with Gasteiger partial charge in [-0.25, -0.2) is 5.43 Å². The number of halogens is 1. The minimum absolute atomic E-state index is 0.126. The fourth-order valence-corrected chi connectivity index (χ4v) is 3.63. The topological polar surface area (TPSA) is 59.9 Å². The Morgan fingerprint density at radius 1 is 1.00 bits per heavy atom. The molecule has 0 aliphatic heterocycles. The van der Waals surface area contributed by atoms with E-state index in [1.807, 2.05) is 67.6 Å². The van der Waals surface area contributed by atoms with Gasteiger partial charge in [0, 0.05) is 15.5 Å². The van der Waals surface area contributed by atoms with E-state index in [0.29, 0.717) is 18.1 Å². The van der Waals surface area contributed by atoms with Gasteiger partial charge in [-0.1, -0.05) is 72.2 Å². The lowest BCUT2D eigenvalue weighted by Gasteiger charge is -2.26. The summed E-state index contributed by atoms with van der Waals surface area (Å²) in [7, 11) is 0. The lowest BCUT2D eigenvalue weighted by molar-refractivity contribution is -0.123. The summed E-state index contributed by atoms with van der Waals surface area (Å²) in [4.78, 5) is 12.1. The zero-order chi connectivity index (χ0) is 23.0. The van der Waals surface area contributed by atoms with Gasteiger partial charge in [0.05, 0.1) is 12.8 Å². The summed E-state index contributed by atoms with van der Waals surface area (Å²) in [6.45, 7) is 6.70. The zero-order valence-electron chi connectivity index (χ0n) is 18.5. The predicted octanol–water partition coefficient (Wildman–Crippen LogP) is 5.70. The van der Waals surface area contributed by atoms with E-state index in [9.17, 15) is 4.79 Å². The van der Waals surface area contributed by atoms with Crippen LogP contribution in [0.15, 0.2) is 82.4 Å². The number of hydrogen-bond acceptors (Lipinski definition) is 4. The van der Waals surface area contributed by atoms with Crippen LogP contribution in [0, 0.1) is 0 Å². The molecule has 3 aromatic carbocycles. The molecule has 0 unspecified atom stereocenters. The average molecular weight is 495 g/mol. The first kappa shape index (κ1) is 23.5. The van der Waals surface area contributed by atoms with Crippen LogP contribution in [0.2, 0.25) is 0 Å². The van der Waals surface area contributed by atoms with Crippen molar-refractivity contribution in [2.45, 2.75) is 26.2 Å². The monoisotopic (exact) mass is 494 g/mol. The molecule has 1 amide bonds. The average Bonchev–Trinajstić information content (AvgIpc) is 2.80. The molecule has 0 heterocycles. The highest BCUT2D eigenvalue weighted by molar-refractivity contribution is 9.10. The van der Waals surface area contributed by atoms with Gasteiger partial charge in [-0.05, 0) is 48.4 Å². The Morgan fingerprint density at radius 3 is 2.38 bits per heavy atom. The fraction of sp³-hybridized carbons (Fsp3) is 0.231. The number of amides is 1. The van der Waals surface area contributed by atoms with Crippen LogP contribution in [0.25, 0.3) is 0 Å². The van der Waals surface area contributed by atoms with Gasteiger partial charge >= 0.3 is 0 Å². The first-order valence-corrected chi connectivity index (χ1v) is 11.2. The quantitative estimate of drug-likeness (QED) is 0.306. The van der Waals surface area contributed by atoms with Crippen LogP contribution in [0.5, 0.6) is 11.5 Å². The van der Waals surface area contributed by atoms with Crippen LogP contribution in [0.4, 0.5) is 0 Å². The molecule has 3 rings (SSSR count). The van der Waals surface area contributed by atoms with Gasteiger partial charge in [-0.2, -0.15) is 5.10 Å². The summed E-state index contributed by atoms with van der Waals surface area (Å²) in [6, 6.07) is 23.8. The summed E-state index contributed by atoms with van der Waals surface area (Å²) >= 11 is 3.42. The van der Waals surface area contributed by atoms with Crippen molar-refractivity contribution in [1.82, 2.24) is 5.43 Å². The predicted molar refractivity (Wildman–Crippen MR) is 132 cm³/mol. The van der Waals surface area contributed by atoms with Gasteiger partial charge in [0.1, 0.15) is 11.5 Å². The molecular weight excluding hydrogens is 468 g/mol. The highest BCUT2D eigenvalue weighted by Crippen LogP contribution is 2.32. The summed E-state index contributed by atoms with van der Waals surface area (Å²) in [5.41, 5.74) is 5.53. The Bertz CT molecular complexity index is 1060. The van der Waals surface area contributed by atoms with Gasteiger partial charge in [-0.15, -0.1) is 0 Å². The highest BCUT2D eigenvalue weighted by Gasteiger charge is 2.22. The van der Waals surface area contributed by atoms with Crippen LogP contribution in [0.1, 0.15) is 37.5 Å². The molecular formula is C26H27BrN2O3. The second-order valence-corrected chi connectivity index (χ2v) is 8.63. The number of carbonyl (C=O) groups excluding carboxylic acids is 1. The molecule has 1 N–H and O–H groups in total. The van der Waals surface area contributed by atoms with Crippen molar-refractivity contribution in [2.75, 3.05) is 13.2 Å². The number of ether oxygens (including phenoxy) is 2. The second-order valence-electron chi connectivity index (χ2n) is 7.71. The third-order valence-electron chi connectivity index (χ3n) is 5.11. The van der Waals surface area contributed by atoms with Crippen molar-refractivity contribution in [1.29, 1.82) is 0 Å². The van der Waals surface area contributed by atoms with E-state index in [-0.39, 0.29) is 17.9 Å². The third-order valence-corrected chi connectivity index (χ3v) is 5.60. The number of nitrogens with one attached hydrogen (secondary N) is 1.